The van der Waals surface area contributed by atoms with Crippen LogP contribution in [0.2, 0.25) is 0 Å². The lowest BCUT2D eigenvalue weighted by molar-refractivity contribution is -0.127. The maximum atomic E-state index is 11.6. The molecule has 3 N–H and O–H groups in total. The molecule has 15 heavy (non-hydrogen) atoms. The first-order valence-corrected chi connectivity index (χ1v) is 5.81. The first kappa shape index (κ1) is 12.5. The van der Waals surface area contributed by atoms with E-state index in [0.717, 1.165) is 25.9 Å². The van der Waals surface area contributed by atoms with E-state index in [1.54, 1.807) is 0 Å². The van der Waals surface area contributed by atoms with E-state index in [1.807, 2.05) is 13.8 Å². The van der Waals surface area contributed by atoms with E-state index in [1.165, 1.54) is 0 Å². The third-order valence-electron chi connectivity index (χ3n) is 3.07. The van der Waals surface area contributed by atoms with Gasteiger partial charge in [-0.25, -0.2) is 0 Å². The summed E-state index contributed by atoms with van der Waals surface area (Å²) < 4.78 is 0. The van der Waals surface area contributed by atoms with Gasteiger partial charge in [0.2, 0.25) is 5.91 Å². The second-order valence-corrected chi connectivity index (χ2v) is 4.39. The van der Waals surface area contributed by atoms with Gasteiger partial charge in [0, 0.05) is 12.5 Å². The Morgan fingerprint density at radius 1 is 1.60 bits per heavy atom. The first-order chi connectivity index (χ1) is 7.15. The molecule has 1 amide bonds. The number of amides is 1. The van der Waals surface area contributed by atoms with Crippen LogP contribution >= 0.6 is 0 Å². The molecule has 1 heterocycles. The summed E-state index contributed by atoms with van der Waals surface area (Å²) in [6.45, 7) is 6.23. The van der Waals surface area contributed by atoms with Crippen LogP contribution in [0.15, 0.2) is 0 Å². The minimum absolute atomic E-state index is 0.0556. The largest absolute Gasteiger partial charge is 0.391 e. The Morgan fingerprint density at radius 2 is 2.27 bits per heavy atom. The van der Waals surface area contributed by atoms with E-state index in [2.05, 4.69) is 10.6 Å². The number of carbonyl (C=O) groups excluding carboxylic acids is 1. The third kappa shape index (κ3) is 3.80. The Hall–Kier alpha value is -0.610. The second-order valence-electron chi connectivity index (χ2n) is 4.39. The van der Waals surface area contributed by atoms with Gasteiger partial charge in [-0.2, -0.15) is 0 Å². The molecule has 2 atom stereocenters. The van der Waals surface area contributed by atoms with E-state index in [9.17, 15) is 9.90 Å². The van der Waals surface area contributed by atoms with E-state index in [0.29, 0.717) is 12.5 Å². The average Bonchev–Trinajstić information content (AvgIpc) is 2.11. The van der Waals surface area contributed by atoms with Gasteiger partial charge in [0.15, 0.2) is 0 Å². The number of hydrogen-bond acceptors (Lipinski definition) is 3. The van der Waals surface area contributed by atoms with Gasteiger partial charge in [-0.05, 0) is 25.4 Å². The molecule has 1 aliphatic rings. The van der Waals surface area contributed by atoms with E-state index >= 15 is 0 Å². The Balaban J connectivity index is 2.16. The molecule has 2 unspecified atom stereocenters. The summed E-state index contributed by atoms with van der Waals surface area (Å²) in [5.74, 6) is 0.588. The SMILES string of the molecule is CCCC(O)CNC(=O)C(C)C1CNC1. The van der Waals surface area contributed by atoms with Gasteiger partial charge < -0.3 is 15.7 Å². The lowest BCUT2D eigenvalue weighted by Gasteiger charge is -2.31. The van der Waals surface area contributed by atoms with Crippen molar-refractivity contribution in [2.75, 3.05) is 19.6 Å². The average molecular weight is 214 g/mol. The maximum Gasteiger partial charge on any atom is 0.223 e. The summed E-state index contributed by atoms with van der Waals surface area (Å²) in [4.78, 5) is 11.6. The predicted molar refractivity (Wildman–Crippen MR) is 59.4 cm³/mol. The van der Waals surface area contributed by atoms with Gasteiger partial charge in [0.05, 0.1) is 6.10 Å². The smallest absolute Gasteiger partial charge is 0.223 e. The molecule has 1 rings (SSSR count). The standard InChI is InChI=1S/C11H22N2O2/c1-3-4-10(14)7-13-11(15)8(2)9-5-12-6-9/h8-10,12,14H,3-7H2,1-2H3,(H,13,15). The number of aliphatic hydroxyl groups is 1. The molecule has 0 spiro atoms. The van der Waals surface area contributed by atoms with Crippen LogP contribution in [0.4, 0.5) is 0 Å². The molecule has 1 saturated heterocycles. The van der Waals surface area contributed by atoms with Crippen LogP contribution < -0.4 is 10.6 Å². The molecule has 4 nitrogen and oxygen atoms in total. The molecule has 0 bridgehead atoms. The number of nitrogens with one attached hydrogen (secondary N) is 2. The minimum atomic E-state index is -0.398. The summed E-state index contributed by atoms with van der Waals surface area (Å²) in [6, 6.07) is 0. The van der Waals surface area contributed by atoms with E-state index in [4.69, 9.17) is 0 Å². The molecule has 1 fully saturated rings. The zero-order valence-electron chi connectivity index (χ0n) is 9.62. The Labute approximate surface area is 91.4 Å². The first-order valence-electron chi connectivity index (χ1n) is 5.81. The third-order valence-corrected chi connectivity index (χ3v) is 3.07. The summed E-state index contributed by atoms with van der Waals surface area (Å²) >= 11 is 0. The van der Waals surface area contributed by atoms with Crippen molar-refractivity contribution in [1.82, 2.24) is 10.6 Å². The molecular formula is C11H22N2O2. The second kappa shape index (κ2) is 6.08. The van der Waals surface area contributed by atoms with Crippen LogP contribution in [0.3, 0.4) is 0 Å². The molecule has 0 aromatic carbocycles. The van der Waals surface area contributed by atoms with Crippen molar-refractivity contribution < 1.29 is 9.90 Å². The predicted octanol–water partition coefficient (Wildman–Crippen LogP) is 0.119. The zero-order valence-corrected chi connectivity index (χ0v) is 9.62. The highest BCUT2D eigenvalue weighted by atomic mass is 16.3. The molecule has 0 aromatic heterocycles. The zero-order chi connectivity index (χ0) is 11.3. The van der Waals surface area contributed by atoms with Crippen LogP contribution in [0, 0.1) is 11.8 Å². The number of rotatable bonds is 6. The van der Waals surface area contributed by atoms with Gasteiger partial charge >= 0.3 is 0 Å². The molecular weight excluding hydrogens is 192 g/mol. The van der Waals surface area contributed by atoms with E-state index in [-0.39, 0.29) is 11.8 Å². The van der Waals surface area contributed by atoms with E-state index < -0.39 is 6.10 Å². The van der Waals surface area contributed by atoms with Gasteiger partial charge in [-0.3, -0.25) is 4.79 Å². The highest BCUT2D eigenvalue weighted by Crippen LogP contribution is 2.15. The number of carbonyl (C=O) groups is 1. The van der Waals surface area contributed by atoms with Crippen molar-refractivity contribution in [3.8, 4) is 0 Å². The fourth-order valence-corrected chi connectivity index (χ4v) is 1.69. The summed E-state index contributed by atoms with van der Waals surface area (Å²) in [7, 11) is 0. The molecule has 0 radical (unpaired) electrons. The van der Waals surface area contributed by atoms with Crippen LogP contribution in [-0.4, -0.2) is 36.8 Å². The van der Waals surface area contributed by atoms with Crippen molar-refractivity contribution in [1.29, 1.82) is 0 Å². The summed E-state index contributed by atoms with van der Waals surface area (Å²) in [5.41, 5.74) is 0. The van der Waals surface area contributed by atoms with Crippen LogP contribution in [0.5, 0.6) is 0 Å². The summed E-state index contributed by atoms with van der Waals surface area (Å²) in [6.07, 6.45) is 1.30. The molecule has 0 aromatic rings. The normalized spacial score (nSPS) is 20.5. The maximum absolute atomic E-state index is 11.6. The summed E-state index contributed by atoms with van der Waals surface area (Å²) in [5, 5.41) is 15.4. The Kier molecular flexibility index (Phi) is 5.05. The minimum Gasteiger partial charge on any atom is -0.391 e. The lowest BCUT2D eigenvalue weighted by Crippen LogP contribution is -2.50. The molecule has 1 aliphatic heterocycles. The lowest BCUT2D eigenvalue weighted by atomic mass is 9.88. The molecule has 88 valence electrons. The Morgan fingerprint density at radius 3 is 2.73 bits per heavy atom. The van der Waals surface area contributed by atoms with Crippen LogP contribution in [0.25, 0.3) is 0 Å². The van der Waals surface area contributed by atoms with Gasteiger partial charge in [-0.15, -0.1) is 0 Å². The van der Waals surface area contributed by atoms with Gasteiger partial charge in [-0.1, -0.05) is 20.3 Å². The quantitative estimate of drug-likeness (QED) is 0.588. The fraction of sp³-hybridized carbons (Fsp3) is 0.909. The highest BCUT2D eigenvalue weighted by Gasteiger charge is 2.28. The number of hydrogen-bond donors (Lipinski definition) is 3. The molecule has 4 heteroatoms. The number of aliphatic hydroxyl groups excluding tert-OH is 1. The Bertz CT molecular complexity index is 205. The molecule has 0 saturated carbocycles. The topological polar surface area (TPSA) is 61.4 Å². The van der Waals surface area contributed by atoms with Gasteiger partial charge in [0.1, 0.15) is 0 Å². The fourth-order valence-electron chi connectivity index (χ4n) is 1.69. The van der Waals surface area contributed by atoms with Gasteiger partial charge in [0.25, 0.3) is 0 Å². The van der Waals surface area contributed by atoms with Crippen molar-refractivity contribution in [3.05, 3.63) is 0 Å². The van der Waals surface area contributed by atoms with Crippen molar-refractivity contribution >= 4 is 5.91 Å². The molecule has 0 aliphatic carbocycles. The van der Waals surface area contributed by atoms with Crippen LogP contribution in [-0.2, 0) is 4.79 Å². The van der Waals surface area contributed by atoms with Crippen molar-refractivity contribution in [2.45, 2.75) is 32.8 Å². The van der Waals surface area contributed by atoms with Crippen molar-refractivity contribution in [3.63, 3.8) is 0 Å². The van der Waals surface area contributed by atoms with Crippen LogP contribution in [0.1, 0.15) is 26.7 Å². The van der Waals surface area contributed by atoms with Crippen molar-refractivity contribution in [2.24, 2.45) is 11.8 Å². The highest BCUT2D eigenvalue weighted by molar-refractivity contribution is 5.78. The monoisotopic (exact) mass is 214 g/mol.